The minimum atomic E-state index is -0.424. The summed E-state index contributed by atoms with van der Waals surface area (Å²) in [7, 11) is 1.45. The first-order valence-electron chi connectivity index (χ1n) is 5.63. The lowest BCUT2D eigenvalue weighted by Crippen LogP contribution is -2.22. The van der Waals surface area contributed by atoms with Gasteiger partial charge in [-0.15, -0.1) is 0 Å². The number of phenolic OH excluding ortho intramolecular Hbond substituents is 1. The highest BCUT2D eigenvalue weighted by Gasteiger charge is 2.06. The first-order chi connectivity index (χ1) is 9.54. The van der Waals surface area contributed by atoms with Crippen LogP contribution >= 0.6 is 12.2 Å². The van der Waals surface area contributed by atoms with Crippen molar-refractivity contribution < 1.29 is 9.84 Å². The zero-order valence-corrected chi connectivity index (χ0v) is 11.6. The largest absolute Gasteiger partial charge is 0.504 e. The molecule has 0 aliphatic heterocycles. The van der Waals surface area contributed by atoms with Gasteiger partial charge in [0.1, 0.15) is 5.69 Å². The van der Waals surface area contributed by atoms with E-state index in [2.05, 4.69) is 15.3 Å². The van der Waals surface area contributed by atoms with E-state index in [-0.39, 0.29) is 16.2 Å². The summed E-state index contributed by atoms with van der Waals surface area (Å²) in [6.45, 7) is 1.54. The molecular formula is C12H12N4O3S. The summed E-state index contributed by atoms with van der Waals surface area (Å²) >= 11 is 4.94. The Morgan fingerprint density at radius 2 is 2.30 bits per heavy atom. The van der Waals surface area contributed by atoms with Crippen LogP contribution in [0.5, 0.6) is 11.5 Å². The van der Waals surface area contributed by atoms with E-state index in [4.69, 9.17) is 17.0 Å². The minimum absolute atomic E-state index is 0.0625. The molecule has 1 aromatic heterocycles. The van der Waals surface area contributed by atoms with Gasteiger partial charge in [0.05, 0.1) is 13.3 Å². The smallest absolute Gasteiger partial charge is 0.296 e. The average Bonchev–Trinajstić information content (AvgIpc) is 2.44. The van der Waals surface area contributed by atoms with Crippen LogP contribution < -0.4 is 10.3 Å². The molecule has 0 saturated heterocycles. The number of para-hydroxylation sites is 1. The van der Waals surface area contributed by atoms with Crippen LogP contribution in [0, 0.1) is 11.7 Å². The summed E-state index contributed by atoms with van der Waals surface area (Å²) in [5, 5.41) is 20.1. The van der Waals surface area contributed by atoms with Gasteiger partial charge in [-0.2, -0.15) is 14.9 Å². The maximum absolute atomic E-state index is 11.8. The first-order valence-corrected chi connectivity index (χ1v) is 6.04. The molecule has 2 aromatic rings. The number of aryl methyl sites for hydroxylation is 1. The van der Waals surface area contributed by atoms with E-state index < -0.39 is 5.56 Å². The van der Waals surface area contributed by atoms with Gasteiger partial charge in [0.2, 0.25) is 4.77 Å². The van der Waals surface area contributed by atoms with Crippen LogP contribution in [0.1, 0.15) is 11.3 Å². The van der Waals surface area contributed by atoms with Gasteiger partial charge in [-0.3, -0.25) is 9.89 Å². The molecule has 0 radical (unpaired) electrons. The number of aromatic nitrogens is 3. The molecule has 0 saturated carbocycles. The third-order valence-electron chi connectivity index (χ3n) is 2.58. The monoisotopic (exact) mass is 292 g/mol. The third kappa shape index (κ3) is 2.59. The van der Waals surface area contributed by atoms with E-state index in [1.165, 1.54) is 13.3 Å². The van der Waals surface area contributed by atoms with Crippen molar-refractivity contribution in [2.45, 2.75) is 6.92 Å². The van der Waals surface area contributed by atoms with Gasteiger partial charge in [0.15, 0.2) is 11.5 Å². The zero-order chi connectivity index (χ0) is 14.7. The summed E-state index contributed by atoms with van der Waals surface area (Å²) < 4.78 is 6.05. The van der Waals surface area contributed by atoms with Crippen molar-refractivity contribution in [3.63, 3.8) is 0 Å². The summed E-state index contributed by atoms with van der Waals surface area (Å²) in [6, 6.07) is 4.94. The molecule has 1 heterocycles. The Labute approximate surface area is 119 Å². The fourth-order valence-electron chi connectivity index (χ4n) is 1.51. The predicted octanol–water partition coefficient (Wildman–Crippen LogP) is 1.21. The van der Waals surface area contributed by atoms with Crippen molar-refractivity contribution in [1.82, 2.24) is 14.9 Å². The number of hydrogen-bond donors (Lipinski definition) is 2. The molecule has 0 aliphatic rings. The SMILES string of the molecule is COc1cccc(C=Nn2c(=S)[nH]nc(C)c2=O)c1O. The lowest BCUT2D eigenvalue weighted by atomic mass is 10.2. The van der Waals surface area contributed by atoms with Crippen molar-refractivity contribution in [2.75, 3.05) is 7.11 Å². The van der Waals surface area contributed by atoms with Crippen molar-refractivity contribution in [1.29, 1.82) is 0 Å². The molecule has 2 rings (SSSR count). The molecule has 1 aromatic carbocycles. The molecule has 8 heteroatoms. The maximum atomic E-state index is 11.8. The van der Waals surface area contributed by atoms with Crippen LogP contribution in [0.2, 0.25) is 0 Å². The number of benzene rings is 1. The molecule has 0 fully saturated rings. The quantitative estimate of drug-likeness (QED) is 0.655. The molecule has 0 bridgehead atoms. The van der Waals surface area contributed by atoms with Crippen molar-refractivity contribution in [3.8, 4) is 11.5 Å². The fraction of sp³-hybridized carbons (Fsp3) is 0.167. The molecule has 0 spiro atoms. The topological polar surface area (TPSA) is 92.5 Å². The van der Waals surface area contributed by atoms with E-state index in [0.29, 0.717) is 11.3 Å². The zero-order valence-electron chi connectivity index (χ0n) is 10.8. The van der Waals surface area contributed by atoms with Crippen molar-refractivity contribution >= 4 is 18.4 Å². The molecule has 0 amide bonds. The first kappa shape index (κ1) is 13.9. The second-order valence-electron chi connectivity index (χ2n) is 3.87. The summed E-state index contributed by atoms with van der Waals surface area (Å²) in [6.07, 6.45) is 1.32. The fourth-order valence-corrected chi connectivity index (χ4v) is 1.68. The Balaban J connectivity index is 2.48. The number of aromatic amines is 1. The molecule has 104 valence electrons. The highest BCUT2D eigenvalue weighted by molar-refractivity contribution is 7.71. The Bertz CT molecular complexity index is 779. The molecule has 0 aliphatic carbocycles. The lowest BCUT2D eigenvalue weighted by molar-refractivity contribution is 0.373. The Kier molecular flexibility index (Phi) is 3.94. The lowest BCUT2D eigenvalue weighted by Gasteiger charge is -2.05. The van der Waals surface area contributed by atoms with Crippen LogP contribution in [0.4, 0.5) is 0 Å². The van der Waals surface area contributed by atoms with Gasteiger partial charge in [-0.25, -0.2) is 0 Å². The summed E-state index contributed by atoms with van der Waals surface area (Å²) in [4.78, 5) is 11.8. The minimum Gasteiger partial charge on any atom is -0.504 e. The number of methoxy groups -OCH3 is 1. The summed E-state index contributed by atoms with van der Waals surface area (Å²) in [5.74, 6) is 0.254. The molecule has 0 atom stereocenters. The van der Waals surface area contributed by atoms with Crippen LogP contribution in [0.15, 0.2) is 28.1 Å². The standard InChI is InChI=1S/C12H12N4O3S/c1-7-11(18)16(12(20)15-14-7)13-6-8-4-3-5-9(19-2)10(8)17/h3-6,17H,1-2H3,(H,15,20). The van der Waals surface area contributed by atoms with Gasteiger partial charge in [-0.1, -0.05) is 6.07 Å². The maximum Gasteiger partial charge on any atom is 0.296 e. The third-order valence-corrected chi connectivity index (χ3v) is 2.84. The van der Waals surface area contributed by atoms with Gasteiger partial charge in [-0.05, 0) is 31.3 Å². The Morgan fingerprint density at radius 3 is 3.00 bits per heavy atom. The number of rotatable bonds is 3. The number of aromatic hydroxyl groups is 1. The van der Waals surface area contributed by atoms with E-state index in [9.17, 15) is 9.90 Å². The van der Waals surface area contributed by atoms with Gasteiger partial charge >= 0.3 is 0 Å². The molecule has 7 nitrogen and oxygen atoms in total. The van der Waals surface area contributed by atoms with Crippen LogP contribution in [0.3, 0.4) is 0 Å². The summed E-state index contributed by atoms with van der Waals surface area (Å²) in [5.41, 5.74) is 0.220. The molecule has 0 unspecified atom stereocenters. The number of ether oxygens (including phenoxy) is 1. The number of nitrogens with one attached hydrogen (secondary N) is 1. The molecular weight excluding hydrogens is 280 g/mol. The van der Waals surface area contributed by atoms with E-state index in [0.717, 1.165) is 4.68 Å². The van der Waals surface area contributed by atoms with Crippen molar-refractivity contribution in [3.05, 3.63) is 44.6 Å². The highest BCUT2D eigenvalue weighted by atomic mass is 32.1. The van der Waals surface area contributed by atoms with Crippen LogP contribution in [-0.4, -0.2) is 33.3 Å². The Morgan fingerprint density at radius 1 is 1.55 bits per heavy atom. The normalized spacial score (nSPS) is 10.9. The Hall–Kier alpha value is -2.48. The van der Waals surface area contributed by atoms with E-state index >= 15 is 0 Å². The van der Waals surface area contributed by atoms with Crippen LogP contribution in [0.25, 0.3) is 0 Å². The van der Waals surface area contributed by atoms with Gasteiger partial charge in [0, 0.05) is 5.56 Å². The number of H-pyrrole nitrogens is 1. The van der Waals surface area contributed by atoms with Crippen LogP contribution in [-0.2, 0) is 0 Å². The van der Waals surface area contributed by atoms with Gasteiger partial charge in [0.25, 0.3) is 5.56 Å². The second-order valence-corrected chi connectivity index (χ2v) is 4.26. The predicted molar refractivity (Wildman–Crippen MR) is 76.1 cm³/mol. The number of hydrogen-bond acceptors (Lipinski definition) is 6. The van der Waals surface area contributed by atoms with Crippen molar-refractivity contribution in [2.24, 2.45) is 5.10 Å². The highest BCUT2D eigenvalue weighted by Crippen LogP contribution is 2.27. The van der Waals surface area contributed by atoms with E-state index in [1.807, 2.05) is 0 Å². The second kappa shape index (κ2) is 5.66. The molecule has 2 N–H and O–H groups in total. The average molecular weight is 292 g/mol. The number of phenols is 1. The molecule has 20 heavy (non-hydrogen) atoms. The van der Waals surface area contributed by atoms with E-state index in [1.54, 1.807) is 25.1 Å². The number of nitrogens with zero attached hydrogens (tertiary/aromatic N) is 3. The van der Waals surface area contributed by atoms with Gasteiger partial charge < -0.3 is 9.84 Å².